The molecule has 102 valence electrons. The minimum absolute atomic E-state index is 0.112. The van der Waals surface area contributed by atoms with Crippen molar-refractivity contribution in [3.8, 4) is 11.4 Å². The molecule has 0 amide bonds. The Balaban J connectivity index is 2.67. The van der Waals surface area contributed by atoms with Gasteiger partial charge in [0.15, 0.2) is 5.82 Å². The molecule has 0 N–H and O–H groups in total. The van der Waals surface area contributed by atoms with E-state index in [9.17, 15) is 12.8 Å². The molecule has 1 aromatic carbocycles. The molecule has 1 heterocycles. The number of halogens is 3. The highest BCUT2D eigenvalue weighted by atomic mass is 35.7. The van der Waals surface area contributed by atoms with Crippen LogP contribution in [0.3, 0.4) is 0 Å². The summed E-state index contributed by atoms with van der Waals surface area (Å²) in [5, 5.41) is 7.04. The molecule has 0 aliphatic carbocycles. The summed E-state index contributed by atoms with van der Waals surface area (Å²) in [6, 6.07) is 3.71. The number of hydrogen-bond donors (Lipinski definition) is 0. The minimum Gasteiger partial charge on any atom is -0.297 e. The van der Waals surface area contributed by atoms with E-state index in [1.54, 1.807) is 6.92 Å². The summed E-state index contributed by atoms with van der Waals surface area (Å²) in [7, 11) is 1.25. The number of rotatable bonds is 3. The zero-order valence-corrected chi connectivity index (χ0v) is 12.0. The molecule has 1 aromatic heterocycles. The maximum atomic E-state index is 13.0. The molecule has 0 saturated carbocycles. The third-order valence-electron chi connectivity index (χ3n) is 2.42. The Morgan fingerprint density at radius 2 is 2.05 bits per heavy atom. The highest BCUT2D eigenvalue weighted by Gasteiger charge is 2.23. The molecule has 0 unspecified atom stereocenters. The van der Waals surface area contributed by atoms with Crippen LogP contribution >= 0.6 is 22.3 Å². The molecule has 0 bridgehead atoms. The summed E-state index contributed by atoms with van der Waals surface area (Å²) in [4.78, 5) is 0. The van der Waals surface area contributed by atoms with E-state index in [4.69, 9.17) is 22.3 Å². The average molecular weight is 324 g/mol. The Morgan fingerprint density at radius 3 is 2.58 bits per heavy atom. The molecule has 0 radical (unpaired) electrons. The predicted molar refractivity (Wildman–Crippen MR) is 69.1 cm³/mol. The normalized spacial score (nSPS) is 11.8. The van der Waals surface area contributed by atoms with Crippen LogP contribution in [0.25, 0.3) is 11.4 Å². The standard InChI is InChI=1S/C10H8Cl2FN3O2S/c1-2-16-9(14-15-10(16)19(12,17)18)7-4-3-6(13)5-8(7)11/h3-5H,2H2,1H3. The van der Waals surface area contributed by atoms with Gasteiger partial charge in [0, 0.05) is 22.8 Å². The fourth-order valence-corrected chi connectivity index (χ4v) is 2.84. The summed E-state index contributed by atoms with van der Waals surface area (Å²) < 4.78 is 37.0. The molecule has 0 aliphatic heterocycles. The monoisotopic (exact) mass is 323 g/mol. The number of nitrogens with zero attached hydrogens (tertiary/aromatic N) is 3. The SMILES string of the molecule is CCn1c(-c2ccc(F)cc2Cl)nnc1S(=O)(=O)Cl. The average Bonchev–Trinajstić information content (AvgIpc) is 2.72. The lowest BCUT2D eigenvalue weighted by molar-refractivity contribution is 0.582. The second-order valence-corrected chi connectivity index (χ2v) is 6.48. The van der Waals surface area contributed by atoms with Crippen molar-refractivity contribution in [1.82, 2.24) is 14.8 Å². The zero-order valence-electron chi connectivity index (χ0n) is 9.64. The predicted octanol–water partition coefficient (Wildman–Crippen LogP) is 2.69. The van der Waals surface area contributed by atoms with Crippen LogP contribution in [0, 0.1) is 5.82 Å². The molecular weight excluding hydrogens is 316 g/mol. The Morgan fingerprint density at radius 1 is 1.37 bits per heavy atom. The Hall–Kier alpha value is -1.18. The van der Waals surface area contributed by atoms with Gasteiger partial charge in [0.05, 0.1) is 5.02 Å². The van der Waals surface area contributed by atoms with Crippen molar-refractivity contribution in [2.45, 2.75) is 18.6 Å². The highest BCUT2D eigenvalue weighted by molar-refractivity contribution is 8.13. The van der Waals surface area contributed by atoms with Gasteiger partial charge in [-0.25, -0.2) is 12.8 Å². The molecule has 2 aromatic rings. The highest BCUT2D eigenvalue weighted by Crippen LogP contribution is 2.29. The van der Waals surface area contributed by atoms with Gasteiger partial charge >= 0.3 is 0 Å². The lowest BCUT2D eigenvalue weighted by Gasteiger charge is -2.07. The topological polar surface area (TPSA) is 64.8 Å². The van der Waals surface area contributed by atoms with Crippen molar-refractivity contribution in [3.05, 3.63) is 29.0 Å². The summed E-state index contributed by atoms with van der Waals surface area (Å²) in [5.74, 6) is -0.284. The first-order valence-corrected chi connectivity index (χ1v) is 7.86. The summed E-state index contributed by atoms with van der Waals surface area (Å²) >= 11 is 5.91. The maximum absolute atomic E-state index is 13.0. The van der Waals surface area contributed by atoms with Crippen LogP contribution < -0.4 is 0 Å². The zero-order chi connectivity index (χ0) is 14.2. The summed E-state index contributed by atoms with van der Waals surface area (Å²) in [5.41, 5.74) is 0.379. The van der Waals surface area contributed by atoms with Crippen molar-refractivity contribution in [1.29, 1.82) is 0 Å². The van der Waals surface area contributed by atoms with Crippen molar-refractivity contribution in [3.63, 3.8) is 0 Å². The van der Waals surface area contributed by atoms with E-state index >= 15 is 0 Å². The molecular formula is C10H8Cl2FN3O2S. The van der Waals surface area contributed by atoms with Gasteiger partial charge in [-0.3, -0.25) is 4.57 Å². The first-order chi connectivity index (χ1) is 8.84. The molecule has 2 rings (SSSR count). The van der Waals surface area contributed by atoms with E-state index < -0.39 is 14.9 Å². The van der Waals surface area contributed by atoms with Gasteiger partial charge in [-0.05, 0) is 25.1 Å². The summed E-state index contributed by atoms with van der Waals surface area (Å²) in [6.07, 6.45) is 0. The minimum atomic E-state index is -4.01. The van der Waals surface area contributed by atoms with Crippen LogP contribution in [0.15, 0.2) is 23.4 Å². The van der Waals surface area contributed by atoms with E-state index in [0.29, 0.717) is 5.56 Å². The van der Waals surface area contributed by atoms with Gasteiger partial charge in [0.1, 0.15) is 5.82 Å². The van der Waals surface area contributed by atoms with E-state index in [1.165, 1.54) is 16.7 Å². The van der Waals surface area contributed by atoms with Crippen molar-refractivity contribution >= 4 is 31.3 Å². The second-order valence-electron chi connectivity index (χ2n) is 3.61. The fourth-order valence-electron chi connectivity index (χ4n) is 1.62. The van der Waals surface area contributed by atoms with Crippen LogP contribution in [0.5, 0.6) is 0 Å². The smallest absolute Gasteiger partial charge is 0.296 e. The van der Waals surface area contributed by atoms with E-state index in [-0.39, 0.29) is 22.5 Å². The molecule has 0 aliphatic rings. The van der Waals surface area contributed by atoms with Crippen LogP contribution in [0.4, 0.5) is 4.39 Å². The molecule has 0 saturated heterocycles. The summed E-state index contributed by atoms with van der Waals surface area (Å²) in [6.45, 7) is 1.98. The van der Waals surface area contributed by atoms with Gasteiger partial charge in [-0.1, -0.05) is 11.6 Å². The Bertz CT molecular complexity index is 730. The number of benzene rings is 1. The lowest BCUT2D eigenvalue weighted by atomic mass is 10.2. The van der Waals surface area contributed by atoms with Gasteiger partial charge in [0.25, 0.3) is 14.2 Å². The first kappa shape index (κ1) is 14.2. The first-order valence-electron chi connectivity index (χ1n) is 5.18. The number of hydrogen-bond acceptors (Lipinski definition) is 4. The van der Waals surface area contributed by atoms with E-state index in [0.717, 1.165) is 6.07 Å². The molecule has 0 spiro atoms. The van der Waals surface area contributed by atoms with Crippen molar-refractivity contribution < 1.29 is 12.8 Å². The van der Waals surface area contributed by atoms with Crippen LogP contribution in [0.1, 0.15) is 6.92 Å². The molecule has 0 atom stereocenters. The van der Waals surface area contributed by atoms with Gasteiger partial charge in [-0.15, -0.1) is 10.2 Å². The molecule has 5 nitrogen and oxygen atoms in total. The third kappa shape index (κ3) is 2.72. The van der Waals surface area contributed by atoms with E-state index in [1.807, 2.05) is 0 Å². The van der Waals surface area contributed by atoms with Gasteiger partial charge in [-0.2, -0.15) is 0 Å². The molecule has 0 fully saturated rings. The second kappa shape index (κ2) is 5.07. The Labute approximate surface area is 118 Å². The van der Waals surface area contributed by atoms with Crippen LogP contribution in [-0.4, -0.2) is 23.2 Å². The van der Waals surface area contributed by atoms with Gasteiger partial charge < -0.3 is 0 Å². The largest absolute Gasteiger partial charge is 0.297 e. The number of aromatic nitrogens is 3. The van der Waals surface area contributed by atoms with Crippen LogP contribution in [0.2, 0.25) is 5.02 Å². The molecule has 19 heavy (non-hydrogen) atoms. The third-order valence-corrected chi connectivity index (χ3v) is 3.89. The van der Waals surface area contributed by atoms with E-state index in [2.05, 4.69) is 10.2 Å². The Kier molecular flexibility index (Phi) is 3.80. The molecule has 9 heteroatoms. The quantitative estimate of drug-likeness (QED) is 0.814. The van der Waals surface area contributed by atoms with Crippen molar-refractivity contribution in [2.24, 2.45) is 0 Å². The van der Waals surface area contributed by atoms with Crippen molar-refractivity contribution in [2.75, 3.05) is 0 Å². The lowest BCUT2D eigenvalue weighted by Crippen LogP contribution is -2.06. The maximum Gasteiger partial charge on any atom is 0.296 e. The van der Waals surface area contributed by atoms with Gasteiger partial charge in [0.2, 0.25) is 0 Å². The van der Waals surface area contributed by atoms with Crippen LogP contribution in [-0.2, 0) is 15.6 Å². The fraction of sp³-hybridized carbons (Fsp3) is 0.200.